The van der Waals surface area contributed by atoms with E-state index in [2.05, 4.69) is 13.2 Å². The van der Waals surface area contributed by atoms with Gasteiger partial charge in [-0.2, -0.15) is 0 Å². The Labute approximate surface area is 105 Å². The van der Waals surface area contributed by atoms with Gasteiger partial charge in [-0.25, -0.2) is 0 Å². The highest BCUT2D eigenvalue weighted by atomic mass is 35.5. The van der Waals surface area contributed by atoms with Crippen LogP contribution in [0.3, 0.4) is 0 Å². The SMILES string of the molecule is C=C/C=C(\C(=C)Cl)C(O)c1ccccc1Cl. The molecule has 16 heavy (non-hydrogen) atoms. The minimum atomic E-state index is -0.892. The second-order valence-electron chi connectivity index (χ2n) is 3.19. The van der Waals surface area contributed by atoms with Crippen LogP contribution in [0.2, 0.25) is 5.02 Å². The zero-order valence-electron chi connectivity index (χ0n) is 8.66. The molecule has 1 aromatic rings. The summed E-state index contributed by atoms with van der Waals surface area (Å²) in [6.45, 7) is 7.16. The fourth-order valence-electron chi connectivity index (χ4n) is 1.32. The summed E-state index contributed by atoms with van der Waals surface area (Å²) in [6, 6.07) is 7.05. The van der Waals surface area contributed by atoms with Crippen LogP contribution in [-0.2, 0) is 0 Å². The summed E-state index contributed by atoms with van der Waals surface area (Å²) in [4.78, 5) is 0. The van der Waals surface area contributed by atoms with E-state index in [9.17, 15) is 5.11 Å². The van der Waals surface area contributed by atoms with E-state index < -0.39 is 6.10 Å². The zero-order valence-corrected chi connectivity index (χ0v) is 10.2. The molecular weight excluding hydrogens is 243 g/mol. The topological polar surface area (TPSA) is 20.2 Å². The van der Waals surface area contributed by atoms with Crippen molar-refractivity contribution in [1.29, 1.82) is 0 Å². The highest BCUT2D eigenvalue weighted by Crippen LogP contribution is 2.32. The minimum absolute atomic E-state index is 0.271. The van der Waals surface area contributed by atoms with E-state index in [1.165, 1.54) is 0 Å². The fourth-order valence-corrected chi connectivity index (χ4v) is 1.73. The van der Waals surface area contributed by atoms with E-state index in [4.69, 9.17) is 23.2 Å². The highest BCUT2D eigenvalue weighted by molar-refractivity contribution is 6.32. The molecule has 3 heteroatoms. The molecule has 0 amide bonds. The van der Waals surface area contributed by atoms with Gasteiger partial charge in [0.2, 0.25) is 0 Å². The first-order valence-corrected chi connectivity index (χ1v) is 5.43. The molecule has 0 bridgehead atoms. The number of halogens is 2. The number of aliphatic hydroxyl groups is 1. The third kappa shape index (κ3) is 2.99. The molecule has 0 aliphatic heterocycles. The quantitative estimate of drug-likeness (QED) is 0.798. The maximum Gasteiger partial charge on any atom is 0.107 e. The van der Waals surface area contributed by atoms with Crippen LogP contribution in [0.25, 0.3) is 0 Å². The highest BCUT2D eigenvalue weighted by Gasteiger charge is 2.16. The number of benzene rings is 1. The fraction of sp³-hybridized carbons (Fsp3) is 0.0769. The number of rotatable bonds is 4. The molecule has 1 aromatic carbocycles. The van der Waals surface area contributed by atoms with Crippen molar-refractivity contribution in [3.8, 4) is 0 Å². The molecule has 1 nitrogen and oxygen atoms in total. The number of hydrogen-bond acceptors (Lipinski definition) is 1. The maximum atomic E-state index is 10.1. The Morgan fingerprint density at radius 2 is 2.00 bits per heavy atom. The van der Waals surface area contributed by atoms with Gasteiger partial charge in [-0.1, -0.05) is 66.7 Å². The zero-order chi connectivity index (χ0) is 12.1. The Balaban J connectivity index is 3.14. The van der Waals surface area contributed by atoms with Crippen molar-refractivity contribution in [2.75, 3.05) is 0 Å². The second-order valence-corrected chi connectivity index (χ2v) is 4.05. The van der Waals surface area contributed by atoms with Crippen molar-refractivity contribution in [3.05, 3.63) is 70.8 Å². The van der Waals surface area contributed by atoms with E-state index in [1.54, 1.807) is 36.4 Å². The minimum Gasteiger partial charge on any atom is -0.384 e. The average molecular weight is 255 g/mol. The van der Waals surface area contributed by atoms with Crippen LogP contribution >= 0.6 is 23.2 Å². The number of hydrogen-bond donors (Lipinski definition) is 1. The van der Waals surface area contributed by atoms with E-state index in [1.807, 2.05) is 0 Å². The van der Waals surface area contributed by atoms with Gasteiger partial charge in [0.05, 0.1) is 0 Å². The van der Waals surface area contributed by atoms with Crippen LogP contribution in [0, 0.1) is 0 Å². The van der Waals surface area contributed by atoms with Crippen molar-refractivity contribution in [3.63, 3.8) is 0 Å². The van der Waals surface area contributed by atoms with Crippen LogP contribution < -0.4 is 0 Å². The molecule has 0 spiro atoms. The lowest BCUT2D eigenvalue weighted by Crippen LogP contribution is -2.02. The van der Waals surface area contributed by atoms with Gasteiger partial charge in [0.1, 0.15) is 6.10 Å². The molecule has 1 unspecified atom stereocenters. The third-order valence-electron chi connectivity index (χ3n) is 2.11. The van der Waals surface area contributed by atoms with E-state index in [-0.39, 0.29) is 5.03 Å². The lowest BCUT2D eigenvalue weighted by Gasteiger charge is -2.15. The first kappa shape index (κ1) is 13.0. The number of allylic oxidation sites excluding steroid dienone is 2. The normalized spacial score (nSPS) is 13.3. The van der Waals surface area contributed by atoms with Gasteiger partial charge in [0.15, 0.2) is 0 Å². The predicted octanol–water partition coefficient (Wildman–Crippen LogP) is 4.24. The van der Waals surface area contributed by atoms with Crippen molar-refractivity contribution < 1.29 is 5.11 Å². The van der Waals surface area contributed by atoms with Crippen LogP contribution in [0.15, 0.2) is 60.2 Å². The van der Waals surface area contributed by atoms with Crippen LogP contribution in [0.5, 0.6) is 0 Å². The van der Waals surface area contributed by atoms with Crippen molar-refractivity contribution in [2.24, 2.45) is 0 Å². The largest absolute Gasteiger partial charge is 0.384 e. The summed E-state index contributed by atoms with van der Waals surface area (Å²) in [5.74, 6) is 0. The standard InChI is InChI=1S/C13H12Cl2O/c1-3-6-10(9(2)14)13(16)11-7-4-5-8-12(11)15/h3-8,13,16H,1-2H2/b10-6+. The lowest BCUT2D eigenvalue weighted by molar-refractivity contribution is 0.219. The molecular formula is C13H12Cl2O. The van der Waals surface area contributed by atoms with Gasteiger partial charge >= 0.3 is 0 Å². The molecule has 0 saturated heterocycles. The summed E-state index contributed by atoms with van der Waals surface area (Å²) in [7, 11) is 0. The smallest absolute Gasteiger partial charge is 0.107 e. The number of aliphatic hydroxyl groups excluding tert-OH is 1. The molecule has 0 fully saturated rings. The second kappa shape index (κ2) is 5.90. The van der Waals surface area contributed by atoms with Crippen LogP contribution in [0.1, 0.15) is 11.7 Å². The molecule has 1 rings (SSSR count). The maximum absolute atomic E-state index is 10.1. The lowest BCUT2D eigenvalue weighted by atomic mass is 10.0. The molecule has 0 aliphatic rings. The molecule has 0 heterocycles. The Bertz CT molecular complexity index is 435. The molecule has 0 radical (unpaired) electrons. The van der Waals surface area contributed by atoms with Crippen molar-refractivity contribution >= 4 is 23.2 Å². The Hall–Kier alpha value is -1.02. The first-order chi connectivity index (χ1) is 7.57. The van der Waals surface area contributed by atoms with E-state index in [0.29, 0.717) is 16.2 Å². The molecule has 0 aliphatic carbocycles. The van der Waals surface area contributed by atoms with Crippen molar-refractivity contribution in [1.82, 2.24) is 0 Å². The molecule has 1 N–H and O–H groups in total. The Morgan fingerprint density at radius 1 is 1.38 bits per heavy atom. The van der Waals surface area contributed by atoms with E-state index in [0.717, 1.165) is 0 Å². The van der Waals surface area contributed by atoms with Gasteiger partial charge in [0, 0.05) is 21.2 Å². The monoisotopic (exact) mass is 254 g/mol. The Kier molecular flexibility index (Phi) is 4.81. The van der Waals surface area contributed by atoms with Crippen LogP contribution in [-0.4, -0.2) is 5.11 Å². The van der Waals surface area contributed by atoms with Gasteiger partial charge in [0.25, 0.3) is 0 Å². The van der Waals surface area contributed by atoms with Gasteiger partial charge < -0.3 is 5.11 Å². The molecule has 0 saturated carbocycles. The summed E-state index contributed by atoms with van der Waals surface area (Å²) in [5, 5.41) is 10.9. The van der Waals surface area contributed by atoms with Crippen LogP contribution in [0.4, 0.5) is 0 Å². The van der Waals surface area contributed by atoms with Gasteiger partial charge in [-0.3, -0.25) is 0 Å². The molecule has 1 atom stereocenters. The van der Waals surface area contributed by atoms with Gasteiger partial charge in [-0.05, 0) is 6.07 Å². The Morgan fingerprint density at radius 3 is 2.50 bits per heavy atom. The summed E-state index contributed by atoms with van der Waals surface area (Å²) in [6.07, 6.45) is 2.27. The average Bonchev–Trinajstić information content (AvgIpc) is 2.25. The summed E-state index contributed by atoms with van der Waals surface area (Å²) < 4.78 is 0. The van der Waals surface area contributed by atoms with Crippen molar-refractivity contribution in [2.45, 2.75) is 6.10 Å². The third-order valence-corrected chi connectivity index (χ3v) is 2.67. The summed E-state index contributed by atoms with van der Waals surface area (Å²) >= 11 is 11.8. The first-order valence-electron chi connectivity index (χ1n) is 4.67. The summed E-state index contributed by atoms with van der Waals surface area (Å²) in [5.41, 5.74) is 1.09. The molecule has 84 valence electrons. The van der Waals surface area contributed by atoms with E-state index >= 15 is 0 Å². The molecule has 0 aromatic heterocycles. The van der Waals surface area contributed by atoms with Gasteiger partial charge in [-0.15, -0.1) is 0 Å². The predicted molar refractivity (Wildman–Crippen MR) is 69.7 cm³/mol.